The van der Waals surface area contributed by atoms with E-state index in [1.54, 1.807) is 10.6 Å². The second kappa shape index (κ2) is 7.23. The quantitative estimate of drug-likeness (QED) is 0.918. The highest BCUT2D eigenvalue weighted by atomic mass is 32.2. The number of anilines is 1. The minimum absolute atomic E-state index is 0.0989. The molecule has 0 aliphatic heterocycles. The van der Waals surface area contributed by atoms with Gasteiger partial charge in [0.2, 0.25) is 5.65 Å². The van der Waals surface area contributed by atoms with Gasteiger partial charge in [0.05, 0.1) is 11.4 Å². The van der Waals surface area contributed by atoms with E-state index in [-0.39, 0.29) is 10.5 Å². The Bertz CT molecular complexity index is 594. The van der Waals surface area contributed by atoms with Crippen molar-refractivity contribution < 1.29 is 4.79 Å². The van der Waals surface area contributed by atoms with Gasteiger partial charge in [0.1, 0.15) is 0 Å². The first-order chi connectivity index (χ1) is 9.47. The summed E-state index contributed by atoms with van der Waals surface area (Å²) in [6.07, 6.45) is 0. The number of hydrogen-bond donors (Lipinski definition) is 1. The molecule has 0 atom stereocenters. The van der Waals surface area contributed by atoms with Gasteiger partial charge in [-0.3, -0.25) is 4.79 Å². The van der Waals surface area contributed by atoms with Gasteiger partial charge in [0, 0.05) is 5.25 Å². The number of nitrogens with one attached hydrogen (secondary N) is 1. The summed E-state index contributed by atoms with van der Waals surface area (Å²) in [4.78, 5) is 11.8. The summed E-state index contributed by atoms with van der Waals surface area (Å²) >= 11 is 1.24. The molecule has 1 N–H and O–H groups in total. The molecule has 0 saturated heterocycles. The van der Waals surface area contributed by atoms with Crippen molar-refractivity contribution in [2.24, 2.45) is 0 Å². The van der Waals surface area contributed by atoms with Crippen LogP contribution in [0.25, 0.3) is 5.65 Å². The second-order valence-electron chi connectivity index (χ2n) is 4.26. The molecule has 2 rings (SSSR count). The van der Waals surface area contributed by atoms with Crippen molar-refractivity contribution in [2.45, 2.75) is 46.8 Å². The lowest BCUT2D eigenvalue weighted by Gasteiger charge is -2.08. The maximum absolute atomic E-state index is 11.8. The van der Waals surface area contributed by atoms with Crippen molar-refractivity contribution >= 4 is 28.3 Å². The molecular formula is C13H21N5OS. The zero-order chi connectivity index (χ0) is 15.3. The molecule has 0 bridgehead atoms. The van der Waals surface area contributed by atoms with Gasteiger partial charge < -0.3 is 5.32 Å². The van der Waals surface area contributed by atoms with Crippen LogP contribution in [0.2, 0.25) is 0 Å². The van der Waals surface area contributed by atoms with Gasteiger partial charge in [-0.2, -0.15) is 9.61 Å². The van der Waals surface area contributed by atoms with E-state index in [1.165, 1.54) is 11.8 Å². The van der Waals surface area contributed by atoms with Crippen LogP contribution in [0, 0.1) is 13.8 Å². The number of hydrogen-bond acceptors (Lipinski definition) is 5. The highest BCUT2D eigenvalue weighted by Gasteiger charge is 2.13. The number of thioether (sulfide) groups is 1. The third kappa shape index (κ3) is 3.93. The number of aryl methyl sites for hydroxylation is 2. The maximum atomic E-state index is 11.8. The summed E-state index contributed by atoms with van der Waals surface area (Å²) in [6, 6.07) is 1.79. The van der Waals surface area contributed by atoms with Crippen LogP contribution in [0.15, 0.2) is 6.07 Å². The molecule has 110 valence electrons. The van der Waals surface area contributed by atoms with Crippen LogP contribution in [0.5, 0.6) is 0 Å². The zero-order valence-electron chi connectivity index (χ0n) is 12.8. The van der Waals surface area contributed by atoms with E-state index in [9.17, 15) is 4.79 Å². The number of nitrogens with zero attached hydrogens (tertiary/aromatic N) is 4. The van der Waals surface area contributed by atoms with Gasteiger partial charge in [-0.15, -0.1) is 10.2 Å². The number of fused-ring (bicyclic) bond motifs is 1. The molecule has 1 amide bonds. The fraction of sp³-hybridized carbons (Fsp3) is 0.538. The van der Waals surface area contributed by atoms with Gasteiger partial charge in [-0.1, -0.05) is 39.5 Å². The predicted octanol–water partition coefficient (Wildman–Crippen LogP) is 3.44. The maximum Gasteiger partial charge on any atom is 0.283 e. The molecule has 0 aliphatic rings. The topological polar surface area (TPSA) is 72.2 Å². The Labute approximate surface area is 123 Å². The second-order valence-corrected chi connectivity index (χ2v) is 5.81. The lowest BCUT2D eigenvalue weighted by atomic mass is 10.3. The Morgan fingerprint density at radius 2 is 1.95 bits per heavy atom. The van der Waals surface area contributed by atoms with E-state index in [0.717, 1.165) is 5.69 Å². The number of aromatic nitrogens is 4. The first kappa shape index (κ1) is 16.4. The lowest BCUT2D eigenvalue weighted by Crippen LogP contribution is -2.10. The highest BCUT2D eigenvalue weighted by molar-refractivity contribution is 8.14. The van der Waals surface area contributed by atoms with Crippen LogP contribution < -0.4 is 5.32 Å². The van der Waals surface area contributed by atoms with Gasteiger partial charge in [0.15, 0.2) is 5.82 Å². The molecule has 2 heterocycles. The van der Waals surface area contributed by atoms with Crippen LogP contribution in [-0.4, -0.2) is 30.3 Å². The molecule has 6 nitrogen and oxygen atoms in total. The average Bonchev–Trinajstić information content (AvgIpc) is 2.73. The van der Waals surface area contributed by atoms with E-state index in [4.69, 9.17) is 0 Å². The number of rotatable bonds is 2. The lowest BCUT2D eigenvalue weighted by molar-refractivity contribution is 0.269. The largest absolute Gasteiger partial charge is 0.313 e. The van der Waals surface area contributed by atoms with Crippen molar-refractivity contribution in [3.8, 4) is 0 Å². The molecule has 2 aromatic heterocycles. The van der Waals surface area contributed by atoms with Crippen molar-refractivity contribution in [1.82, 2.24) is 19.8 Å². The normalized spacial score (nSPS) is 10.3. The number of carbonyl (C=O) groups is 1. The minimum atomic E-state index is -0.0989. The summed E-state index contributed by atoms with van der Waals surface area (Å²) in [5.41, 5.74) is 2.01. The average molecular weight is 295 g/mol. The monoisotopic (exact) mass is 295 g/mol. The van der Waals surface area contributed by atoms with Crippen molar-refractivity contribution in [2.75, 3.05) is 5.32 Å². The Kier molecular flexibility index (Phi) is 5.94. The molecule has 7 heteroatoms. The standard InChI is InChI=1S/C11H15N5OS.C2H6/c1-6(2)18-11(17)12-9-5-7(3)15-16-8(4)13-14-10(9)16;1-2/h5-6H,1-4H3,(H,12,17);1-2H3. The summed E-state index contributed by atoms with van der Waals surface area (Å²) in [5, 5.41) is 15.2. The van der Waals surface area contributed by atoms with Crippen molar-refractivity contribution in [3.63, 3.8) is 0 Å². The Balaban J connectivity index is 0.000000956. The molecular weight excluding hydrogens is 274 g/mol. The molecule has 0 fully saturated rings. The first-order valence-corrected chi connectivity index (χ1v) is 7.52. The predicted molar refractivity (Wildman–Crippen MR) is 83.3 cm³/mol. The third-order valence-electron chi connectivity index (χ3n) is 2.23. The van der Waals surface area contributed by atoms with Crippen LogP contribution in [0.3, 0.4) is 0 Å². The van der Waals surface area contributed by atoms with Crippen LogP contribution in [-0.2, 0) is 0 Å². The summed E-state index contributed by atoms with van der Waals surface area (Å²) in [5.74, 6) is 0.695. The van der Waals surface area contributed by atoms with E-state index in [1.807, 2.05) is 41.5 Å². The van der Waals surface area contributed by atoms with E-state index < -0.39 is 0 Å². The molecule has 0 spiro atoms. The number of amides is 1. The highest BCUT2D eigenvalue weighted by Crippen LogP contribution is 2.19. The third-order valence-corrected chi connectivity index (χ3v) is 3.02. The summed E-state index contributed by atoms with van der Waals surface area (Å²) in [7, 11) is 0. The Morgan fingerprint density at radius 1 is 1.30 bits per heavy atom. The Hall–Kier alpha value is -1.63. The van der Waals surface area contributed by atoms with Gasteiger partial charge in [-0.25, -0.2) is 0 Å². The minimum Gasteiger partial charge on any atom is -0.313 e. The van der Waals surface area contributed by atoms with Gasteiger partial charge >= 0.3 is 0 Å². The first-order valence-electron chi connectivity index (χ1n) is 6.64. The number of carbonyl (C=O) groups excluding carboxylic acids is 1. The molecule has 0 saturated carbocycles. The van der Waals surface area contributed by atoms with Crippen LogP contribution >= 0.6 is 11.8 Å². The zero-order valence-corrected chi connectivity index (χ0v) is 13.6. The SMILES string of the molecule is CC.Cc1cc(NC(=O)SC(C)C)c2nnc(C)n2n1. The molecule has 0 radical (unpaired) electrons. The molecule has 0 unspecified atom stereocenters. The summed E-state index contributed by atoms with van der Waals surface area (Å²) < 4.78 is 1.63. The molecule has 20 heavy (non-hydrogen) atoms. The van der Waals surface area contributed by atoms with E-state index >= 15 is 0 Å². The summed E-state index contributed by atoms with van der Waals surface area (Å²) in [6.45, 7) is 11.6. The fourth-order valence-electron chi connectivity index (χ4n) is 1.55. The van der Waals surface area contributed by atoms with E-state index in [0.29, 0.717) is 17.2 Å². The van der Waals surface area contributed by atoms with Gasteiger partial charge in [-0.05, 0) is 19.9 Å². The smallest absolute Gasteiger partial charge is 0.283 e. The van der Waals surface area contributed by atoms with E-state index in [2.05, 4.69) is 20.6 Å². The van der Waals surface area contributed by atoms with Gasteiger partial charge in [0.25, 0.3) is 5.24 Å². The van der Waals surface area contributed by atoms with Crippen LogP contribution in [0.4, 0.5) is 10.5 Å². The van der Waals surface area contributed by atoms with Crippen molar-refractivity contribution in [1.29, 1.82) is 0 Å². The molecule has 0 aromatic carbocycles. The Morgan fingerprint density at radius 3 is 2.55 bits per heavy atom. The van der Waals surface area contributed by atoms with Crippen molar-refractivity contribution in [3.05, 3.63) is 17.6 Å². The molecule has 0 aliphatic carbocycles. The van der Waals surface area contributed by atoms with Crippen LogP contribution in [0.1, 0.15) is 39.2 Å². The fourth-order valence-corrected chi connectivity index (χ4v) is 2.15. The molecule has 2 aromatic rings.